The standard InChI is InChI=1S/C29H24BrN3O2S/c1-3-17(2)18-13-14-26-25(16-18)32-28(35-26)19-7-4-8-20(15-19)31-29(36)33-27(34)23-11-5-10-22-21(23)9-6-12-24(22)30/h4-17H,3H2,1-2H3,(H2,31,33,34,36)/t17-/m1/s1. The van der Waals surface area contributed by atoms with Crippen LogP contribution in [0.5, 0.6) is 0 Å². The van der Waals surface area contributed by atoms with Gasteiger partial charge in [0, 0.05) is 21.3 Å². The number of amides is 1. The van der Waals surface area contributed by atoms with Crippen LogP contribution in [0.4, 0.5) is 5.69 Å². The van der Waals surface area contributed by atoms with E-state index in [9.17, 15) is 4.79 Å². The summed E-state index contributed by atoms with van der Waals surface area (Å²) in [6, 6.07) is 25.1. The van der Waals surface area contributed by atoms with E-state index in [1.807, 2.05) is 60.7 Å². The molecule has 1 aromatic heterocycles. The Morgan fingerprint density at radius 3 is 2.64 bits per heavy atom. The van der Waals surface area contributed by atoms with Crippen molar-refractivity contribution in [1.29, 1.82) is 0 Å². The summed E-state index contributed by atoms with van der Waals surface area (Å²) in [6.07, 6.45) is 1.07. The molecule has 1 amide bonds. The van der Waals surface area contributed by atoms with E-state index in [1.54, 1.807) is 6.07 Å². The fourth-order valence-electron chi connectivity index (χ4n) is 4.14. The molecular formula is C29H24BrN3O2S. The van der Waals surface area contributed by atoms with E-state index >= 15 is 0 Å². The fraction of sp³-hybridized carbons (Fsp3) is 0.138. The summed E-state index contributed by atoms with van der Waals surface area (Å²) in [5, 5.41) is 7.91. The van der Waals surface area contributed by atoms with Gasteiger partial charge in [-0.15, -0.1) is 0 Å². The Morgan fingerprint density at radius 1 is 1.03 bits per heavy atom. The van der Waals surface area contributed by atoms with Crippen molar-refractivity contribution in [2.24, 2.45) is 0 Å². The Morgan fingerprint density at radius 2 is 1.81 bits per heavy atom. The van der Waals surface area contributed by atoms with Crippen LogP contribution in [0.2, 0.25) is 0 Å². The Bertz CT molecular complexity index is 1610. The molecule has 2 N–H and O–H groups in total. The number of halogens is 1. The van der Waals surface area contributed by atoms with E-state index in [0.29, 0.717) is 17.4 Å². The summed E-state index contributed by atoms with van der Waals surface area (Å²) in [6.45, 7) is 4.38. The predicted molar refractivity (Wildman–Crippen MR) is 153 cm³/mol. The van der Waals surface area contributed by atoms with Crippen LogP contribution in [-0.2, 0) is 0 Å². The number of aromatic nitrogens is 1. The number of benzene rings is 4. The number of fused-ring (bicyclic) bond motifs is 2. The first-order valence-electron chi connectivity index (χ1n) is 11.7. The van der Waals surface area contributed by atoms with Crippen molar-refractivity contribution < 1.29 is 9.21 Å². The number of rotatable bonds is 5. The molecule has 5 rings (SSSR count). The summed E-state index contributed by atoms with van der Waals surface area (Å²) >= 11 is 8.97. The smallest absolute Gasteiger partial charge is 0.258 e. The molecule has 0 radical (unpaired) electrons. The van der Waals surface area contributed by atoms with Crippen molar-refractivity contribution in [3.05, 3.63) is 94.5 Å². The zero-order valence-corrected chi connectivity index (χ0v) is 22.2. The minimum atomic E-state index is -0.275. The third-order valence-electron chi connectivity index (χ3n) is 6.30. The van der Waals surface area contributed by atoms with Crippen LogP contribution in [0.3, 0.4) is 0 Å². The molecule has 7 heteroatoms. The summed E-state index contributed by atoms with van der Waals surface area (Å²) in [5.41, 5.74) is 4.93. The molecule has 1 atom stereocenters. The molecule has 0 aliphatic rings. The van der Waals surface area contributed by atoms with Crippen LogP contribution in [0.25, 0.3) is 33.3 Å². The highest BCUT2D eigenvalue weighted by Crippen LogP contribution is 2.29. The first-order valence-corrected chi connectivity index (χ1v) is 12.9. The number of nitrogens with one attached hydrogen (secondary N) is 2. The van der Waals surface area contributed by atoms with Gasteiger partial charge < -0.3 is 9.73 Å². The quantitative estimate of drug-likeness (QED) is 0.214. The third-order valence-corrected chi connectivity index (χ3v) is 7.20. The van der Waals surface area contributed by atoms with Crippen LogP contribution in [0.1, 0.15) is 42.1 Å². The highest BCUT2D eigenvalue weighted by Gasteiger charge is 2.14. The van der Waals surface area contributed by atoms with E-state index in [1.165, 1.54) is 5.56 Å². The van der Waals surface area contributed by atoms with Gasteiger partial charge in [0.2, 0.25) is 5.89 Å². The Kier molecular flexibility index (Phi) is 6.85. The molecule has 5 nitrogen and oxygen atoms in total. The molecule has 0 aliphatic carbocycles. The van der Waals surface area contributed by atoms with Crippen LogP contribution >= 0.6 is 28.1 Å². The van der Waals surface area contributed by atoms with Crippen molar-refractivity contribution in [3.63, 3.8) is 0 Å². The van der Waals surface area contributed by atoms with Crippen molar-refractivity contribution in [3.8, 4) is 11.5 Å². The van der Waals surface area contributed by atoms with E-state index in [4.69, 9.17) is 21.6 Å². The zero-order chi connectivity index (χ0) is 25.2. The number of anilines is 1. The summed E-state index contributed by atoms with van der Waals surface area (Å²) in [5.74, 6) is 0.725. The number of hydrogen-bond acceptors (Lipinski definition) is 4. The van der Waals surface area contributed by atoms with Gasteiger partial charge in [0.15, 0.2) is 10.7 Å². The van der Waals surface area contributed by atoms with Gasteiger partial charge in [-0.05, 0) is 83.4 Å². The van der Waals surface area contributed by atoms with Gasteiger partial charge in [0.1, 0.15) is 5.52 Å². The lowest BCUT2D eigenvalue weighted by atomic mass is 9.98. The molecule has 0 saturated heterocycles. The SMILES string of the molecule is CC[C@@H](C)c1ccc2oc(-c3cccc(NC(=S)NC(=O)c4cccc5c(Br)cccc45)c3)nc2c1. The van der Waals surface area contributed by atoms with E-state index in [0.717, 1.165) is 44.0 Å². The molecule has 36 heavy (non-hydrogen) atoms. The number of carbonyl (C=O) groups excluding carboxylic acids is 1. The van der Waals surface area contributed by atoms with Gasteiger partial charge in [0.05, 0.1) is 0 Å². The average Bonchev–Trinajstić information content (AvgIpc) is 3.32. The summed E-state index contributed by atoms with van der Waals surface area (Å²) in [4.78, 5) is 17.7. The van der Waals surface area contributed by atoms with Crippen molar-refractivity contribution >= 4 is 66.7 Å². The summed E-state index contributed by atoms with van der Waals surface area (Å²) in [7, 11) is 0. The van der Waals surface area contributed by atoms with Gasteiger partial charge in [-0.2, -0.15) is 0 Å². The van der Waals surface area contributed by atoms with Crippen LogP contribution < -0.4 is 10.6 Å². The third kappa shape index (κ3) is 4.90. The number of nitrogens with zero attached hydrogens (tertiary/aromatic N) is 1. The maximum Gasteiger partial charge on any atom is 0.258 e. The highest BCUT2D eigenvalue weighted by molar-refractivity contribution is 9.10. The van der Waals surface area contributed by atoms with Crippen LogP contribution in [0.15, 0.2) is 87.8 Å². The lowest BCUT2D eigenvalue weighted by Crippen LogP contribution is -2.34. The molecule has 0 fully saturated rings. The van der Waals surface area contributed by atoms with E-state index in [2.05, 4.69) is 52.5 Å². The Labute approximate surface area is 223 Å². The normalized spacial score (nSPS) is 12.0. The van der Waals surface area contributed by atoms with Crippen molar-refractivity contribution in [2.75, 3.05) is 5.32 Å². The molecule has 0 bridgehead atoms. The average molecular weight is 559 g/mol. The monoisotopic (exact) mass is 557 g/mol. The number of thiocarbonyl (C=S) groups is 1. The zero-order valence-electron chi connectivity index (χ0n) is 19.8. The molecule has 0 saturated carbocycles. The van der Waals surface area contributed by atoms with Gasteiger partial charge in [-0.1, -0.05) is 66.2 Å². The number of oxazole rings is 1. The molecule has 180 valence electrons. The van der Waals surface area contributed by atoms with Gasteiger partial charge in [-0.3, -0.25) is 10.1 Å². The largest absolute Gasteiger partial charge is 0.436 e. The predicted octanol–water partition coefficient (Wildman–Crippen LogP) is 8.05. The maximum absolute atomic E-state index is 13.0. The van der Waals surface area contributed by atoms with Gasteiger partial charge in [-0.25, -0.2) is 4.98 Å². The highest BCUT2D eigenvalue weighted by atomic mass is 79.9. The Hall–Kier alpha value is -3.55. The van der Waals surface area contributed by atoms with Gasteiger partial charge in [0.25, 0.3) is 5.91 Å². The second-order valence-electron chi connectivity index (χ2n) is 8.69. The molecule has 0 unspecified atom stereocenters. The lowest BCUT2D eigenvalue weighted by Gasteiger charge is -2.12. The second kappa shape index (κ2) is 10.2. The summed E-state index contributed by atoms with van der Waals surface area (Å²) < 4.78 is 6.94. The molecule has 1 heterocycles. The molecular weight excluding hydrogens is 534 g/mol. The molecule has 0 spiro atoms. The van der Waals surface area contributed by atoms with Crippen LogP contribution in [0, 0.1) is 0 Å². The number of hydrogen-bond donors (Lipinski definition) is 2. The maximum atomic E-state index is 13.0. The minimum Gasteiger partial charge on any atom is -0.436 e. The minimum absolute atomic E-state index is 0.208. The van der Waals surface area contributed by atoms with Crippen molar-refractivity contribution in [2.45, 2.75) is 26.2 Å². The molecule has 5 aromatic rings. The van der Waals surface area contributed by atoms with Gasteiger partial charge >= 0.3 is 0 Å². The van der Waals surface area contributed by atoms with Crippen LogP contribution in [-0.4, -0.2) is 16.0 Å². The number of carbonyl (C=O) groups is 1. The second-order valence-corrected chi connectivity index (χ2v) is 9.95. The lowest BCUT2D eigenvalue weighted by molar-refractivity contribution is 0.0979. The van der Waals surface area contributed by atoms with E-state index < -0.39 is 0 Å². The first-order chi connectivity index (χ1) is 17.4. The fourth-order valence-corrected chi connectivity index (χ4v) is 4.85. The van der Waals surface area contributed by atoms with Crippen molar-refractivity contribution in [1.82, 2.24) is 10.3 Å². The topological polar surface area (TPSA) is 67.2 Å². The molecule has 0 aliphatic heterocycles. The Balaban J connectivity index is 1.33. The first kappa shape index (κ1) is 24.2. The van der Waals surface area contributed by atoms with E-state index in [-0.39, 0.29) is 11.0 Å². The molecule has 4 aromatic carbocycles.